The van der Waals surface area contributed by atoms with Gasteiger partial charge in [-0.25, -0.2) is 0 Å². The molecular formula is C14H20ClNO3. The topological polar surface area (TPSA) is 49.8 Å². The molecule has 1 unspecified atom stereocenters. The molecule has 106 valence electrons. The zero-order valence-electron chi connectivity index (χ0n) is 11.5. The Morgan fingerprint density at radius 2 is 2.21 bits per heavy atom. The largest absolute Gasteiger partial charge is 0.496 e. The molecule has 0 aromatic heterocycles. The Morgan fingerprint density at radius 1 is 1.53 bits per heavy atom. The first kappa shape index (κ1) is 15.8. The Morgan fingerprint density at radius 3 is 2.74 bits per heavy atom. The average Bonchev–Trinajstić information content (AvgIpc) is 2.38. The van der Waals surface area contributed by atoms with Crippen LogP contribution in [0.2, 0.25) is 5.02 Å². The predicted molar refractivity (Wildman–Crippen MR) is 75.8 cm³/mol. The van der Waals surface area contributed by atoms with Crippen molar-refractivity contribution in [3.63, 3.8) is 0 Å². The maximum absolute atomic E-state index is 11.0. The van der Waals surface area contributed by atoms with Crippen molar-refractivity contribution in [1.82, 2.24) is 4.90 Å². The van der Waals surface area contributed by atoms with Gasteiger partial charge in [-0.15, -0.1) is 0 Å². The van der Waals surface area contributed by atoms with Crippen molar-refractivity contribution in [3.05, 3.63) is 28.8 Å². The molecule has 0 aliphatic heterocycles. The Kier molecular flexibility index (Phi) is 6.12. The number of nitrogens with zero attached hydrogens (tertiary/aromatic N) is 1. The Balaban J connectivity index is 2.98. The molecule has 0 spiro atoms. The van der Waals surface area contributed by atoms with Gasteiger partial charge in [-0.2, -0.15) is 0 Å². The van der Waals surface area contributed by atoms with E-state index in [9.17, 15) is 4.79 Å². The molecule has 19 heavy (non-hydrogen) atoms. The van der Waals surface area contributed by atoms with Gasteiger partial charge in [-0.1, -0.05) is 24.6 Å². The van der Waals surface area contributed by atoms with Crippen LogP contribution in [-0.4, -0.2) is 35.7 Å². The quantitative estimate of drug-likeness (QED) is 0.836. The number of benzene rings is 1. The molecule has 0 amide bonds. The molecule has 1 atom stereocenters. The van der Waals surface area contributed by atoms with Gasteiger partial charge in [-0.3, -0.25) is 9.69 Å². The monoisotopic (exact) mass is 285 g/mol. The van der Waals surface area contributed by atoms with E-state index in [2.05, 4.69) is 0 Å². The minimum atomic E-state index is -0.841. The van der Waals surface area contributed by atoms with Gasteiger partial charge < -0.3 is 9.84 Å². The summed E-state index contributed by atoms with van der Waals surface area (Å²) < 4.78 is 5.29. The predicted octanol–water partition coefficient (Wildman–Crippen LogP) is 3.03. The second-order valence-electron chi connectivity index (χ2n) is 4.48. The number of hydrogen-bond donors (Lipinski definition) is 1. The molecular weight excluding hydrogens is 266 g/mol. The van der Waals surface area contributed by atoms with Crippen LogP contribution in [0.3, 0.4) is 0 Å². The lowest BCUT2D eigenvalue weighted by molar-refractivity contribution is -0.139. The molecule has 1 rings (SSSR count). The van der Waals surface area contributed by atoms with Gasteiger partial charge in [-0.05, 0) is 25.5 Å². The summed E-state index contributed by atoms with van der Waals surface area (Å²) >= 11 is 6.18. The normalized spacial score (nSPS) is 12.5. The number of hydrogen-bond acceptors (Lipinski definition) is 3. The van der Waals surface area contributed by atoms with Crippen LogP contribution in [0.15, 0.2) is 18.2 Å². The minimum absolute atomic E-state index is 0.0105. The summed E-state index contributed by atoms with van der Waals surface area (Å²) in [6.07, 6.45) is 0.875. The number of methoxy groups -OCH3 is 1. The van der Waals surface area contributed by atoms with Crippen LogP contribution >= 0.6 is 11.6 Å². The van der Waals surface area contributed by atoms with Crippen LogP contribution < -0.4 is 4.74 Å². The third-order valence-corrected chi connectivity index (χ3v) is 3.56. The van der Waals surface area contributed by atoms with E-state index in [-0.39, 0.29) is 12.6 Å². The highest BCUT2D eigenvalue weighted by molar-refractivity contribution is 6.31. The number of halogens is 1. The summed E-state index contributed by atoms with van der Waals surface area (Å²) in [6, 6.07) is 5.60. The van der Waals surface area contributed by atoms with E-state index in [1.807, 2.05) is 30.9 Å². The van der Waals surface area contributed by atoms with Crippen LogP contribution in [0, 0.1) is 0 Å². The van der Waals surface area contributed by atoms with Crippen molar-refractivity contribution >= 4 is 17.6 Å². The number of rotatable bonds is 7. The van der Waals surface area contributed by atoms with Gasteiger partial charge in [0.2, 0.25) is 0 Å². The number of carboxylic acid groups (broad SMARTS) is 1. The fourth-order valence-electron chi connectivity index (χ4n) is 1.89. The summed E-state index contributed by atoms with van der Waals surface area (Å²) in [5.74, 6) is -0.155. The number of aliphatic carboxylic acids is 1. The summed E-state index contributed by atoms with van der Waals surface area (Å²) in [7, 11) is 1.58. The molecule has 0 aliphatic carbocycles. The van der Waals surface area contributed by atoms with E-state index in [0.717, 1.165) is 12.0 Å². The highest BCUT2D eigenvalue weighted by atomic mass is 35.5. The third-order valence-electron chi connectivity index (χ3n) is 3.21. The molecule has 1 N–H and O–H groups in total. The first-order valence-corrected chi connectivity index (χ1v) is 6.64. The van der Waals surface area contributed by atoms with Gasteiger partial charge >= 0.3 is 5.97 Å². The first-order valence-electron chi connectivity index (χ1n) is 6.26. The van der Waals surface area contributed by atoms with E-state index >= 15 is 0 Å². The molecule has 0 heterocycles. The fourth-order valence-corrected chi connectivity index (χ4v) is 2.11. The van der Waals surface area contributed by atoms with Crippen molar-refractivity contribution in [1.29, 1.82) is 0 Å². The second kappa shape index (κ2) is 7.36. The Bertz CT molecular complexity index is 437. The Labute approximate surface area is 118 Å². The standard InChI is InChI=1S/C14H20ClNO3/c1-4-10(2)16(9-14(17)18)8-11-12(15)6-5-7-13(11)19-3/h5-7,10H,4,8-9H2,1-3H3,(H,17,18). The van der Waals surface area contributed by atoms with E-state index in [4.69, 9.17) is 21.4 Å². The number of ether oxygens (including phenoxy) is 1. The van der Waals surface area contributed by atoms with Gasteiger partial charge in [0.1, 0.15) is 5.75 Å². The number of carbonyl (C=O) groups is 1. The average molecular weight is 286 g/mol. The maximum atomic E-state index is 11.0. The van der Waals surface area contributed by atoms with Crippen molar-refractivity contribution < 1.29 is 14.6 Å². The fraction of sp³-hybridized carbons (Fsp3) is 0.500. The summed E-state index contributed by atoms with van der Waals surface area (Å²) in [6.45, 7) is 4.49. The van der Waals surface area contributed by atoms with E-state index in [1.165, 1.54) is 0 Å². The van der Waals surface area contributed by atoms with Crippen LogP contribution in [0.1, 0.15) is 25.8 Å². The highest BCUT2D eigenvalue weighted by Gasteiger charge is 2.19. The Hall–Kier alpha value is -1.26. The molecule has 4 nitrogen and oxygen atoms in total. The molecule has 1 aromatic carbocycles. The van der Waals surface area contributed by atoms with Crippen LogP contribution in [0.4, 0.5) is 0 Å². The maximum Gasteiger partial charge on any atom is 0.317 e. The lowest BCUT2D eigenvalue weighted by Gasteiger charge is -2.27. The van der Waals surface area contributed by atoms with Crippen LogP contribution in [0.25, 0.3) is 0 Å². The summed E-state index contributed by atoms with van der Waals surface area (Å²) in [5, 5.41) is 9.59. The molecule has 0 radical (unpaired) electrons. The molecule has 0 saturated heterocycles. The van der Waals surface area contributed by atoms with Crippen LogP contribution in [-0.2, 0) is 11.3 Å². The smallest absolute Gasteiger partial charge is 0.317 e. The summed E-state index contributed by atoms with van der Waals surface area (Å²) in [5.41, 5.74) is 0.827. The zero-order chi connectivity index (χ0) is 14.4. The van der Waals surface area contributed by atoms with Crippen molar-refractivity contribution in [2.24, 2.45) is 0 Å². The van der Waals surface area contributed by atoms with Crippen molar-refractivity contribution in [2.45, 2.75) is 32.9 Å². The third kappa shape index (κ3) is 4.40. The molecule has 1 aromatic rings. The van der Waals surface area contributed by atoms with Crippen LogP contribution in [0.5, 0.6) is 5.75 Å². The molecule has 0 aliphatic rings. The van der Waals surface area contributed by atoms with Gasteiger partial charge in [0, 0.05) is 23.2 Å². The summed E-state index contributed by atoms with van der Waals surface area (Å²) in [4.78, 5) is 12.8. The van der Waals surface area contributed by atoms with Crippen molar-refractivity contribution in [2.75, 3.05) is 13.7 Å². The second-order valence-corrected chi connectivity index (χ2v) is 4.88. The molecule has 0 saturated carbocycles. The zero-order valence-corrected chi connectivity index (χ0v) is 12.3. The first-order chi connectivity index (χ1) is 8.99. The molecule has 5 heteroatoms. The lowest BCUT2D eigenvalue weighted by atomic mass is 10.1. The van der Waals surface area contributed by atoms with Gasteiger partial charge in [0.25, 0.3) is 0 Å². The lowest BCUT2D eigenvalue weighted by Crippen LogP contribution is -2.36. The van der Waals surface area contributed by atoms with E-state index < -0.39 is 5.97 Å². The highest BCUT2D eigenvalue weighted by Crippen LogP contribution is 2.28. The van der Waals surface area contributed by atoms with Gasteiger partial charge in [0.15, 0.2) is 0 Å². The van der Waals surface area contributed by atoms with E-state index in [0.29, 0.717) is 17.3 Å². The SMILES string of the molecule is CCC(C)N(CC(=O)O)Cc1c(Cl)cccc1OC. The number of carboxylic acids is 1. The molecule has 0 bridgehead atoms. The van der Waals surface area contributed by atoms with E-state index in [1.54, 1.807) is 13.2 Å². The molecule has 0 fully saturated rings. The minimum Gasteiger partial charge on any atom is -0.496 e. The van der Waals surface area contributed by atoms with Gasteiger partial charge in [0.05, 0.1) is 13.7 Å². The van der Waals surface area contributed by atoms with Crippen molar-refractivity contribution in [3.8, 4) is 5.75 Å².